The van der Waals surface area contributed by atoms with E-state index < -0.39 is 6.10 Å². The van der Waals surface area contributed by atoms with Crippen molar-refractivity contribution in [3.63, 3.8) is 0 Å². The maximum Gasteiger partial charge on any atom is 0.256 e. The minimum atomic E-state index is -0.542. The smallest absolute Gasteiger partial charge is 0.256 e. The Hall–Kier alpha value is -1.39. The van der Waals surface area contributed by atoms with Crippen LogP contribution in [0.5, 0.6) is 0 Å². The topological polar surface area (TPSA) is 55.6 Å². The molecule has 20 heavy (non-hydrogen) atoms. The van der Waals surface area contributed by atoms with E-state index in [9.17, 15) is 4.79 Å². The van der Waals surface area contributed by atoms with Gasteiger partial charge in [0.2, 0.25) is 0 Å². The van der Waals surface area contributed by atoms with E-state index in [-0.39, 0.29) is 11.3 Å². The number of rotatable bonds is 7. The molecule has 4 heteroatoms. The molecule has 0 saturated heterocycles. The lowest BCUT2D eigenvalue weighted by Gasteiger charge is -2.31. The molecule has 1 rings (SSSR count). The van der Waals surface area contributed by atoms with Crippen LogP contribution in [-0.4, -0.2) is 37.6 Å². The van der Waals surface area contributed by atoms with Crippen molar-refractivity contribution in [3.05, 3.63) is 35.9 Å². The second kappa shape index (κ2) is 7.41. The lowest BCUT2D eigenvalue weighted by molar-refractivity contribution is -0.143. The third-order valence-electron chi connectivity index (χ3n) is 3.25. The predicted octanol–water partition coefficient (Wildman–Crippen LogP) is 2.21. The van der Waals surface area contributed by atoms with Crippen LogP contribution in [0, 0.1) is 5.41 Å². The molecule has 1 atom stereocenters. The molecule has 0 saturated carbocycles. The quantitative estimate of drug-likeness (QED) is 0.832. The largest absolute Gasteiger partial charge is 0.364 e. The summed E-state index contributed by atoms with van der Waals surface area (Å²) in [5.74, 6) is -0.0282. The Bertz CT molecular complexity index is 418. The molecule has 0 fully saturated rings. The van der Waals surface area contributed by atoms with E-state index in [2.05, 4.69) is 13.8 Å². The molecule has 0 heterocycles. The average molecular weight is 278 g/mol. The van der Waals surface area contributed by atoms with Gasteiger partial charge >= 0.3 is 0 Å². The highest BCUT2D eigenvalue weighted by Crippen LogP contribution is 2.22. The first kappa shape index (κ1) is 16.7. The molecule has 112 valence electrons. The highest BCUT2D eigenvalue weighted by Gasteiger charge is 2.27. The maximum atomic E-state index is 12.6. The molecule has 0 spiro atoms. The van der Waals surface area contributed by atoms with Crippen molar-refractivity contribution in [2.45, 2.75) is 26.9 Å². The minimum absolute atomic E-state index is 0.0282. The Labute approximate surface area is 121 Å². The van der Waals surface area contributed by atoms with E-state index in [0.29, 0.717) is 19.7 Å². The van der Waals surface area contributed by atoms with E-state index >= 15 is 0 Å². The summed E-state index contributed by atoms with van der Waals surface area (Å²) in [7, 11) is 1.80. The average Bonchev–Trinajstić information content (AvgIpc) is 2.44. The summed E-state index contributed by atoms with van der Waals surface area (Å²) in [5, 5.41) is 0. The fourth-order valence-electron chi connectivity index (χ4n) is 2.09. The number of hydrogen-bond donors (Lipinski definition) is 1. The van der Waals surface area contributed by atoms with Crippen molar-refractivity contribution in [1.29, 1.82) is 0 Å². The summed E-state index contributed by atoms with van der Waals surface area (Å²) in [4.78, 5) is 14.3. The number of nitrogens with zero attached hydrogens (tertiary/aromatic N) is 1. The van der Waals surface area contributed by atoms with Crippen molar-refractivity contribution in [3.8, 4) is 0 Å². The molecule has 0 bridgehead atoms. The molecular formula is C16H26N2O2. The SMILES string of the molecule is CCOC(C(=O)N(C)CC(C)(C)CN)c1ccccc1. The van der Waals surface area contributed by atoms with Gasteiger partial charge in [-0.3, -0.25) is 4.79 Å². The number of amides is 1. The number of hydrogen-bond acceptors (Lipinski definition) is 3. The first-order valence-corrected chi connectivity index (χ1v) is 7.03. The number of likely N-dealkylation sites (N-methyl/N-ethyl adjacent to an activating group) is 1. The molecule has 1 aromatic carbocycles. The van der Waals surface area contributed by atoms with E-state index in [0.717, 1.165) is 5.56 Å². The number of carbonyl (C=O) groups excluding carboxylic acids is 1. The van der Waals surface area contributed by atoms with Crippen molar-refractivity contribution < 1.29 is 9.53 Å². The number of nitrogens with two attached hydrogens (primary N) is 1. The van der Waals surface area contributed by atoms with Crippen LogP contribution in [0.25, 0.3) is 0 Å². The van der Waals surface area contributed by atoms with Crippen molar-refractivity contribution >= 4 is 5.91 Å². The van der Waals surface area contributed by atoms with Crippen LogP contribution in [0.4, 0.5) is 0 Å². The van der Waals surface area contributed by atoms with Crippen LogP contribution in [0.15, 0.2) is 30.3 Å². The Balaban J connectivity index is 2.84. The summed E-state index contributed by atoms with van der Waals surface area (Å²) in [6.07, 6.45) is -0.542. The maximum absolute atomic E-state index is 12.6. The summed E-state index contributed by atoms with van der Waals surface area (Å²) >= 11 is 0. The fourth-order valence-corrected chi connectivity index (χ4v) is 2.09. The second-order valence-electron chi connectivity index (χ2n) is 5.81. The zero-order valence-corrected chi connectivity index (χ0v) is 12.9. The van der Waals surface area contributed by atoms with Gasteiger partial charge in [-0.05, 0) is 24.4 Å². The van der Waals surface area contributed by atoms with Crippen LogP contribution >= 0.6 is 0 Å². The molecule has 4 nitrogen and oxygen atoms in total. The predicted molar refractivity (Wildman–Crippen MR) is 81.3 cm³/mol. The zero-order valence-electron chi connectivity index (χ0n) is 12.9. The molecule has 1 aromatic rings. The molecule has 0 aliphatic carbocycles. The molecule has 0 aliphatic rings. The fraction of sp³-hybridized carbons (Fsp3) is 0.562. The van der Waals surface area contributed by atoms with Crippen molar-refractivity contribution in [2.75, 3.05) is 26.7 Å². The van der Waals surface area contributed by atoms with Gasteiger partial charge in [0.1, 0.15) is 0 Å². The zero-order chi connectivity index (χ0) is 15.2. The number of benzene rings is 1. The van der Waals surface area contributed by atoms with Crippen LogP contribution in [-0.2, 0) is 9.53 Å². The first-order valence-electron chi connectivity index (χ1n) is 7.03. The van der Waals surface area contributed by atoms with Gasteiger partial charge in [-0.25, -0.2) is 0 Å². The molecule has 1 amide bonds. The molecular weight excluding hydrogens is 252 g/mol. The Morgan fingerprint density at radius 1 is 1.35 bits per heavy atom. The molecule has 0 aliphatic heterocycles. The van der Waals surface area contributed by atoms with Gasteiger partial charge in [-0.2, -0.15) is 0 Å². The molecule has 2 N–H and O–H groups in total. The molecule has 0 radical (unpaired) electrons. The van der Waals surface area contributed by atoms with Gasteiger partial charge in [0.15, 0.2) is 6.10 Å². The van der Waals surface area contributed by atoms with Gasteiger partial charge in [0.05, 0.1) is 0 Å². The van der Waals surface area contributed by atoms with Crippen LogP contribution in [0.3, 0.4) is 0 Å². The number of ether oxygens (including phenoxy) is 1. The van der Waals surface area contributed by atoms with Gasteiger partial charge in [0, 0.05) is 20.2 Å². The van der Waals surface area contributed by atoms with Gasteiger partial charge < -0.3 is 15.4 Å². The third-order valence-corrected chi connectivity index (χ3v) is 3.25. The monoisotopic (exact) mass is 278 g/mol. The Morgan fingerprint density at radius 3 is 2.45 bits per heavy atom. The molecule has 0 aromatic heterocycles. The van der Waals surface area contributed by atoms with E-state index in [1.165, 1.54) is 0 Å². The summed E-state index contributed by atoms with van der Waals surface area (Å²) in [5.41, 5.74) is 6.52. The summed E-state index contributed by atoms with van der Waals surface area (Å²) < 4.78 is 5.64. The van der Waals surface area contributed by atoms with Crippen LogP contribution < -0.4 is 5.73 Å². The minimum Gasteiger partial charge on any atom is -0.364 e. The standard InChI is InChI=1S/C16H26N2O2/c1-5-20-14(13-9-7-6-8-10-13)15(19)18(4)12-16(2,3)11-17/h6-10,14H,5,11-12,17H2,1-4H3. The third kappa shape index (κ3) is 4.62. The first-order chi connectivity index (χ1) is 9.41. The lowest BCUT2D eigenvalue weighted by Crippen LogP contribution is -2.42. The van der Waals surface area contributed by atoms with E-state index in [1.807, 2.05) is 37.3 Å². The summed E-state index contributed by atoms with van der Waals surface area (Å²) in [6.45, 7) is 7.64. The molecule has 1 unspecified atom stereocenters. The van der Waals surface area contributed by atoms with E-state index in [1.54, 1.807) is 11.9 Å². The van der Waals surface area contributed by atoms with E-state index in [4.69, 9.17) is 10.5 Å². The second-order valence-corrected chi connectivity index (χ2v) is 5.81. The highest BCUT2D eigenvalue weighted by atomic mass is 16.5. The Kier molecular flexibility index (Phi) is 6.17. The van der Waals surface area contributed by atoms with Crippen LogP contribution in [0.1, 0.15) is 32.4 Å². The van der Waals surface area contributed by atoms with Gasteiger partial charge in [-0.1, -0.05) is 44.2 Å². The number of carbonyl (C=O) groups is 1. The normalized spacial score (nSPS) is 13.1. The highest BCUT2D eigenvalue weighted by molar-refractivity contribution is 5.82. The van der Waals surface area contributed by atoms with Crippen molar-refractivity contribution in [1.82, 2.24) is 4.90 Å². The van der Waals surface area contributed by atoms with Crippen molar-refractivity contribution in [2.24, 2.45) is 11.1 Å². The van der Waals surface area contributed by atoms with Gasteiger partial charge in [-0.15, -0.1) is 0 Å². The Morgan fingerprint density at radius 2 is 1.95 bits per heavy atom. The van der Waals surface area contributed by atoms with Crippen LogP contribution in [0.2, 0.25) is 0 Å². The lowest BCUT2D eigenvalue weighted by atomic mass is 9.93. The summed E-state index contributed by atoms with van der Waals surface area (Å²) in [6, 6.07) is 9.59. The van der Waals surface area contributed by atoms with Gasteiger partial charge in [0.25, 0.3) is 5.91 Å².